The van der Waals surface area contributed by atoms with E-state index in [9.17, 15) is 4.79 Å². The van der Waals surface area contributed by atoms with Gasteiger partial charge >= 0.3 is 0 Å². The molecule has 0 bridgehead atoms. The molecule has 16 heavy (non-hydrogen) atoms. The second-order valence-electron chi connectivity index (χ2n) is 3.55. The van der Waals surface area contributed by atoms with E-state index in [0.717, 1.165) is 0 Å². The summed E-state index contributed by atoms with van der Waals surface area (Å²) in [5.74, 6) is 5.20. The summed E-state index contributed by atoms with van der Waals surface area (Å²) in [7, 11) is 0. The molecule has 0 radical (unpaired) electrons. The van der Waals surface area contributed by atoms with Crippen LogP contribution in [-0.4, -0.2) is 44.0 Å². The average molecular weight is 228 g/mol. The summed E-state index contributed by atoms with van der Waals surface area (Å²) in [4.78, 5) is 15.2. The van der Waals surface area contributed by atoms with Gasteiger partial charge in [0.2, 0.25) is 0 Å². The maximum Gasteiger partial charge on any atom is 0.156 e. The largest absolute Gasteiger partial charge is 0.374 e. The molecule has 6 nitrogen and oxygen atoms in total. The number of hydrogen-bond acceptors (Lipinski definition) is 6. The lowest BCUT2D eigenvalue weighted by Crippen LogP contribution is -2.18. The SMILES string of the molecule is CC(C)C(=O)CN=C/C(COCCN)=N\N. The number of nitrogens with two attached hydrogens (primary N) is 2. The van der Waals surface area contributed by atoms with Crippen molar-refractivity contribution in [1.82, 2.24) is 0 Å². The van der Waals surface area contributed by atoms with Crippen LogP contribution in [0.15, 0.2) is 10.1 Å². The molecule has 0 aromatic rings. The van der Waals surface area contributed by atoms with Crippen LogP contribution in [0.5, 0.6) is 0 Å². The molecule has 0 aliphatic heterocycles. The number of carbonyl (C=O) groups is 1. The quantitative estimate of drug-likeness (QED) is 0.255. The Kier molecular flexibility index (Phi) is 8.28. The highest BCUT2D eigenvalue weighted by Gasteiger charge is 2.04. The Labute approximate surface area is 95.7 Å². The number of aliphatic imine (C=N–C) groups is 1. The molecule has 0 unspecified atom stereocenters. The molecule has 0 amide bonds. The number of ether oxygens (including phenoxy) is 1. The van der Waals surface area contributed by atoms with Crippen LogP contribution in [0.1, 0.15) is 13.8 Å². The van der Waals surface area contributed by atoms with Gasteiger partial charge in [-0.15, -0.1) is 0 Å². The van der Waals surface area contributed by atoms with Gasteiger partial charge in [-0.25, -0.2) is 0 Å². The van der Waals surface area contributed by atoms with Gasteiger partial charge in [0.15, 0.2) is 5.78 Å². The Balaban J connectivity index is 3.94. The minimum absolute atomic E-state index is 0.0103. The zero-order chi connectivity index (χ0) is 12.4. The van der Waals surface area contributed by atoms with Gasteiger partial charge in [-0.3, -0.25) is 9.79 Å². The molecule has 6 heteroatoms. The first-order valence-corrected chi connectivity index (χ1v) is 5.19. The van der Waals surface area contributed by atoms with Crippen molar-refractivity contribution in [2.45, 2.75) is 13.8 Å². The molecule has 92 valence electrons. The summed E-state index contributed by atoms with van der Waals surface area (Å²) in [6.45, 7) is 4.96. The van der Waals surface area contributed by atoms with Gasteiger partial charge in [0, 0.05) is 18.7 Å². The maximum atomic E-state index is 11.2. The molecule has 0 aliphatic carbocycles. The van der Waals surface area contributed by atoms with E-state index >= 15 is 0 Å². The van der Waals surface area contributed by atoms with Gasteiger partial charge in [0.1, 0.15) is 5.71 Å². The minimum Gasteiger partial charge on any atom is -0.374 e. The highest BCUT2D eigenvalue weighted by Crippen LogP contribution is 1.93. The Hall–Kier alpha value is -1.27. The van der Waals surface area contributed by atoms with Crippen molar-refractivity contribution in [1.29, 1.82) is 0 Å². The standard InChI is InChI=1S/C10H20N4O2/c1-8(2)10(15)6-13-5-9(14-12)7-16-4-3-11/h5,8H,3-4,6-7,11-12H2,1-2H3/b13-5?,14-9+. The van der Waals surface area contributed by atoms with Crippen LogP contribution in [0.4, 0.5) is 0 Å². The highest BCUT2D eigenvalue weighted by atomic mass is 16.5. The van der Waals surface area contributed by atoms with Crippen molar-refractivity contribution in [2.75, 3.05) is 26.3 Å². The first-order valence-electron chi connectivity index (χ1n) is 5.19. The molecular weight excluding hydrogens is 208 g/mol. The van der Waals surface area contributed by atoms with Gasteiger partial charge < -0.3 is 16.3 Å². The summed E-state index contributed by atoms with van der Waals surface area (Å²) in [6.07, 6.45) is 1.46. The first kappa shape index (κ1) is 14.7. The van der Waals surface area contributed by atoms with Crippen molar-refractivity contribution in [2.24, 2.45) is 27.6 Å². The molecule has 0 atom stereocenters. The summed E-state index contributed by atoms with van der Waals surface area (Å²) in [5.41, 5.74) is 5.75. The molecule has 0 aromatic heterocycles. The third-order valence-corrected chi connectivity index (χ3v) is 1.81. The number of nitrogens with zero attached hydrogens (tertiary/aromatic N) is 2. The predicted molar refractivity (Wildman–Crippen MR) is 64.7 cm³/mol. The fourth-order valence-electron chi connectivity index (χ4n) is 0.792. The molecule has 4 N–H and O–H groups in total. The Bertz CT molecular complexity index is 262. The van der Waals surface area contributed by atoms with Crippen molar-refractivity contribution >= 4 is 17.7 Å². The average Bonchev–Trinajstić information content (AvgIpc) is 2.26. The minimum atomic E-state index is -0.0103. The summed E-state index contributed by atoms with van der Waals surface area (Å²) < 4.78 is 5.13. The predicted octanol–water partition coefficient (Wildman–Crippen LogP) is -0.428. The molecule has 0 aromatic carbocycles. The van der Waals surface area contributed by atoms with Crippen LogP contribution in [0.2, 0.25) is 0 Å². The summed E-state index contributed by atoms with van der Waals surface area (Å²) in [5, 5.41) is 3.49. The van der Waals surface area contributed by atoms with E-state index in [4.69, 9.17) is 16.3 Å². The van der Waals surface area contributed by atoms with E-state index < -0.39 is 0 Å². The van der Waals surface area contributed by atoms with Crippen molar-refractivity contribution in [3.8, 4) is 0 Å². The summed E-state index contributed by atoms with van der Waals surface area (Å²) >= 11 is 0. The van der Waals surface area contributed by atoms with Crippen molar-refractivity contribution in [3.05, 3.63) is 0 Å². The van der Waals surface area contributed by atoms with Crippen molar-refractivity contribution < 1.29 is 9.53 Å². The topological polar surface area (TPSA) is 103 Å². The molecule has 0 aliphatic rings. The third-order valence-electron chi connectivity index (χ3n) is 1.81. The van der Waals surface area contributed by atoms with E-state index in [-0.39, 0.29) is 24.9 Å². The number of hydrazone groups is 1. The van der Waals surface area contributed by atoms with Crippen LogP contribution in [0.25, 0.3) is 0 Å². The molecule has 0 heterocycles. The number of rotatable bonds is 8. The molecule has 0 spiro atoms. The van der Waals surface area contributed by atoms with Crippen LogP contribution in [0, 0.1) is 5.92 Å². The van der Waals surface area contributed by atoms with Gasteiger partial charge in [-0.2, -0.15) is 5.10 Å². The number of carbonyl (C=O) groups excluding carboxylic acids is 1. The maximum absolute atomic E-state index is 11.2. The zero-order valence-electron chi connectivity index (χ0n) is 9.85. The fourth-order valence-corrected chi connectivity index (χ4v) is 0.792. The molecular formula is C10H20N4O2. The number of Topliss-reactive ketones (excluding diaryl/α,β-unsaturated/α-hetero) is 1. The van der Waals surface area contributed by atoms with E-state index in [1.807, 2.05) is 13.8 Å². The lowest BCUT2D eigenvalue weighted by Gasteiger charge is -2.01. The second kappa shape index (κ2) is 8.99. The van der Waals surface area contributed by atoms with E-state index in [2.05, 4.69) is 10.1 Å². The Morgan fingerprint density at radius 2 is 2.19 bits per heavy atom. The molecule has 0 saturated carbocycles. The van der Waals surface area contributed by atoms with E-state index in [0.29, 0.717) is 18.9 Å². The van der Waals surface area contributed by atoms with Gasteiger partial charge in [-0.05, 0) is 0 Å². The van der Waals surface area contributed by atoms with Crippen LogP contribution in [0.3, 0.4) is 0 Å². The van der Waals surface area contributed by atoms with Crippen LogP contribution < -0.4 is 11.6 Å². The summed E-state index contributed by atoms with van der Waals surface area (Å²) in [6, 6.07) is 0. The smallest absolute Gasteiger partial charge is 0.156 e. The fraction of sp³-hybridized carbons (Fsp3) is 0.700. The normalized spacial score (nSPS) is 12.6. The van der Waals surface area contributed by atoms with Crippen LogP contribution >= 0.6 is 0 Å². The first-order chi connectivity index (χ1) is 7.61. The van der Waals surface area contributed by atoms with Gasteiger partial charge in [-0.1, -0.05) is 13.8 Å². The Morgan fingerprint density at radius 1 is 1.50 bits per heavy atom. The highest BCUT2D eigenvalue weighted by molar-refractivity contribution is 6.31. The van der Waals surface area contributed by atoms with Gasteiger partial charge in [0.05, 0.1) is 19.8 Å². The Morgan fingerprint density at radius 3 is 2.69 bits per heavy atom. The lowest BCUT2D eigenvalue weighted by molar-refractivity contribution is -0.120. The molecule has 0 saturated heterocycles. The number of hydrogen-bond donors (Lipinski definition) is 2. The third kappa shape index (κ3) is 7.08. The second-order valence-corrected chi connectivity index (χ2v) is 3.55. The van der Waals surface area contributed by atoms with E-state index in [1.54, 1.807) is 0 Å². The zero-order valence-corrected chi connectivity index (χ0v) is 9.85. The van der Waals surface area contributed by atoms with Crippen molar-refractivity contribution in [3.63, 3.8) is 0 Å². The van der Waals surface area contributed by atoms with E-state index in [1.165, 1.54) is 6.21 Å². The lowest BCUT2D eigenvalue weighted by atomic mass is 10.1. The van der Waals surface area contributed by atoms with Gasteiger partial charge in [0.25, 0.3) is 0 Å². The number of ketones is 1. The molecule has 0 rings (SSSR count). The monoisotopic (exact) mass is 228 g/mol. The van der Waals surface area contributed by atoms with Crippen LogP contribution in [-0.2, 0) is 9.53 Å². The molecule has 0 fully saturated rings.